The molecule has 1 aliphatic rings. The second-order valence-corrected chi connectivity index (χ2v) is 4.04. The van der Waals surface area contributed by atoms with Crippen LogP contribution in [0.25, 0.3) is 0 Å². The molecule has 2 heterocycles. The molecular formula is C11H18N2O. The Balaban J connectivity index is 1.95. The van der Waals surface area contributed by atoms with Crippen LogP contribution >= 0.6 is 0 Å². The standard InChI is InChI=1S/C11H18N2O/c1-9-7-12-5-6-13(9)8-11-4-3-10(2)14-11/h3-4,9,12H,5-8H2,1-2H3/t9-/m1/s1. The van der Waals surface area contributed by atoms with Crippen LogP contribution in [0.4, 0.5) is 0 Å². The Labute approximate surface area is 85.1 Å². The molecule has 78 valence electrons. The Hall–Kier alpha value is -0.800. The normalized spacial score (nSPS) is 24.0. The molecule has 3 heteroatoms. The van der Waals surface area contributed by atoms with Crippen LogP contribution in [0.3, 0.4) is 0 Å². The van der Waals surface area contributed by atoms with Crippen LogP contribution in [-0.4, -0.2) is 30.6 Å². The van der Waals surface area contributed by atoms with Gasteiger partial charge in [0.25, 0.3) is 0 Å². The Kier molecular flexibility index (Phi) is 2.89. The molecule has 14 heavy (non-hydrogen) atoms. The van der Waals surface area contributed by atoms with Crippen molar-refractivity contribution in [2.24, 2.45) is 0 Å². The van der Waals surface area contributed by atoms with Crippen molar-refractivity contribution in [3.05, 3.63) is 23.7 Å². The van der Waals surface area contributed by atoms with E-state index in [0.717, 1.165) is 37.7 Å². The summed E-state index contributed by atoms with van der Waals surface area (Å²) in [7, 11) is 0. The molecule has 0 aromatic carbocycles. The number of furan rings is 1. The summed E-state index contributed by atoms with van der Waals surface area (Å²) in [5, 5.41) is 3.38. The lowest BCUT2D eigenvalue weighted by Crippen LogP contribution is -2.49. The van der Waals surface area contributed by atoms with Gasteiger partial charge in [-0.2, -0.15) is 0 Å². The van der Waals surface area contributed by atoms with Crippen molar-refractivity contribution in [3.8, 4) is 0 Å². The molecule has 0 bridgehead atoms. The molecule has 0 spiro atoms. The van der Waals surface area contributed by atoms with Crippen molar-refractivity contribution in [2.45, 2.75) is 26.4 Å². The maximum absolute atomic E-state index is 5.57. The predicted molar refractivity (Wildman–Crippen MR) is 56.2 cm³/mol. The number of rotatable bonds is 2. The first-order chi connectivity index (χ1) is 6.75. The molecule has 1 aromatic rings. The van der Waals surface area contributed by atoms with E-state index >= 15 is 0 Å². The highest BCUT2D eigenvalue weighted by Crippen LogP contribution is 2.12. The van der Waals surface area contributed by atoms with E-state index in [4.69, 9.17) is 4.42 Å². The smallest absolute Gasteiger partial charge is 0.118 e. The number of aryl methyl sites for hydroxylation is 1. The fraction of sp³-hybridized carbons (Fsp3) is 0.636. The van der Waals surface area contributed by atoms with Crippen molar-refractivity contribution in [1.82, 2.24) is 10.2 Å². The Morgan fingerprint density at radius 3 is 3.07 bits per heavy atom. The third-order valence-electron chi connectivity index (χ3n) is 2.79. The van der Waals surface area contributed by atoms with Crippen LogP contribution in [0.5, 0.6) is 0 Å². The molecule has 1 aromatic heterocycles. The first kappa shape index (κ1) is 9.74. The molecule has 1 atom stereocenters. The molecule has 1 aliphatic heterocycles. The Bertz CT molecular complexity index is 295. The maximum Gasteiger partial charge on any atom is 0.118 e. The van der Waals surface area contributed by atoms with Gasteiger partial charge in [0.05, 0.1) is 6.54 Å². The summed E-state index contributed by atoms with van der Waals surface area (Å²) in [5.41, 5.74) is 0. The second kappa shape index (κ2) is 4.15. The highest BCUT2D eigenvalue weighted by molar-refractivity contribution is 5.05. The van der Waals surface area contributed by atoms with Gasteiger partial charge in [-0.15, -0.1) is 0 Å². The van der Waals surface area contributed by atoms with Gasteiger partial charge in [0, 0.05) is 25.7 Å². The quantitative estimate of drug-likeness (QED) is 0.771. The molecular weight excluding hydrogens is 176 g/mol. The molecule has 0 aliphatic carbocycles. The monoisotopic (exact) mass is 194 g/mol. The van der Waals surface area contributed by atoms with E-state index in [2.05, 4.69) is 23.2 Å². The van der Waals surface area contributed by atoms with E-state index in [1.165, 1.54) is 0 Å². The summed E-state index contributed by atoms with van der Waals surface area (Å²) in [5.74, 6) is 2.08. The van der Waals surface area contributed by atoms with Crippen molar-refractivity contribution in [3.63, 3.8) is 0 Å². The van der Waals surface area contributed by atoms with Gasteiger partial charge in [0.15, 0.2) is 0 Å². The lowest BCUT2D eigenvalue weighted by molar-refractivity contribution is 0.153. The summed E-state index contributed by atoms with van der Waals surface area (Å²) in [6.07, 6.45) is 0. The zero-order chi connectivity index (χ0) is 9.97. The van der Waals surface area contributed by atoms with Crippen LogP contribution in [0.15, 0.2) is 16.5 Å². The summed E-state index contributed by atoms with van der Waals surface area (Å²) < 4.78 is 5.57. The highest BCUT2D eigenvalue weighted by Gasteiger charge is 2.18. The number of nitrogens with one attached hydrogen (secondary N) is 1. The largest absolute Gasteiger partial charge is 0.465 e. The first-order valence-electron chi connectivity index (χ1n) is 5.26. The first-order valence-corrected chi connectivity index (χ1v) is 5.26. The summed E-state index contributed by atoms with van der Waals surface area (Å²) in [6.45, 7) is 8.47. The van der Waals surface area contributed by atoms with Gasteiger partial charge in [0.1, 0.15) is 11.5 Å². The maximum atomic E-state index is 5.57. The summed E-state index contributed by atoms with van der Waals surface area (Å²) in [6, 6.07) is 4.71. The van der Waals surface area contributed by atoms with Crippen LogP contribution in [0, 0.1) is 6.92 Å². The van der Waals surface area contributed by atoms with E-state index in [9.17, 15) is 0 Å². The van der Waals surface area contributed by atoms with Gasteiger partial charge in [-0.05, 0) is 26.0 Å². The number of piperazine rings is 1. The van der Waals surface area contributed by atoms with E-state index < -0.39 is 0 Å². The van der Waals surface area contributed by atoms with Crippen LogP contribution < -0.4 is 5.32 Å². The van der Waals surface area contributed by atoms with Gasteiger partial charge in [-0.3, -0.25) is 4.90 Å². The zero-order valence-corrected chi connectivity index (χ0v) is 8.92. The third kappa shape index (κ3) is 2.16. The molecule has 3 nitrogen and oxygen atoms in total. The topological polar surface area (TPSA) is 28.4 Å². The second-order valence-electron chi connectivity index (χ2n) is 4.04. The number of hydrogen-bond acceptors (Lipinski definition) is 3. The zero-order valence-electron chi connectivity index (χ0n) is 8.92. The molecule has 1 N–H and O–H groups in total. The molecule has 1 saturated heterocycles. The van der Waals surface area contributed by atoms with Gasteiger partial charge in [-0.1, -0.05) is 0 Å². The summed E-state index contributed by atoms with van der Waals surface area (Å²) in [4.78, 5) is 2.45. The minimum Gasteiger partial charge on any atom is -0.465 e. The van der Waals surface area contributed by atoms with E-state index in [1.54, 1.807) is 0 Å². The Morgan fingerprint density at radius 2 is 2.43 bits per heavy atom. The van der Waals surface area contributed by atoms with E-state index in [0.29, 0.717) is 6.04 Å². The van der Waals surface area contributed by atoms with Gasteiger partial charge < -0.3 is 9.73 Å². The van der Waals surface area contributed by atoms with Gasteiger partial charge in [0.2, 0.25) is 0 Å². The van der Waals surface area contributed by atoms with Crippen LogP contribution in [0.2, 0.25) is 0 Å². The fourth-order valence-corrected chi connectivity index (χ4v) is 1.89. The molecule has 0 saturated carbocycles. The van der Waals surface area contributed by atoms with Gasteiger partial charge in [-0.25, -0.2) is 0 Å². The minimum absolute atomic E-state index is 0.606. The third-order valence-corrected chi connectivity index (χ3v) is 2.79. The molecule has 0 unspecified atom stereocenters. The van der Waals surface area contributed by atoms with Crippen molar-refractivity contribution in [1.29, 1.82) is 0 Å². The van der Waals surface area contributed by atoms with Crippen molar-refractivity contribution in [2.75, 3.05) is 19.6 Å². The lowest BCUT2D eigenvalue weighted by atomic mass is 10.2. The van der Waals surface area contributed by atoms with Crippen molar-refractivity contribution >= 4 is 0 Å². The number of hydrogen-bond donors (Lipinski definition) is 1. The summed E-state index contributed by atoms with van der Waals surface area (Å²) >= 11 is 0. The molecule has 0 amide bonds. The SMILES string of the molecule is Cc1ccc(CN2CCNC[C@H]2C)o1. The molecule has 1 fully saturated rings. The average molecular weight is 194 g/mol. The van der Waals surface area contributed by atoms with E-state index in [1.807, 2.05) is 13.0 Å². The molecule has 2 rings (SSSR count). The number of nitrogens with zero attached hydrogens (tertiary/aromatic N) is 1. The Morgan fingerprint density at radius 1 is 1.57 bits per heavy atom. The van der Waals surface area contributed by atoms with Crippen molar-refractivity contribution < 1.29 is 4.42 Å². The fourth-order valence-electron chi connectivity index (χ4n) is 1.89. The van der Waals surface area contributed by atoms with E-state index in [-0.39, 0.29) is 0 Å². The lowest BCUT2D eigenvalue weighted by Gasteiger charge is -2.33. The van der Waals surface area contributed by atoms with Gasteiger partial charge >= 0.3 is 0 Å². The molecule has 0 radical (unpaired) electrons. The van der Waals surface area contributed by atoms with Crippen LogP contribution in [-0.2, 0) is 6.54 Å². The minimum atomic E-state index is 0.606. The highest BCUT2D eigenvalue weighted by atomic mass is 16.3. The average Bonchev–Trinajstić information content (AvgIpc) is 2.56. The predicted octanol–water partition coefficient (Wildman–Crippen LogP) is 1.38. The van der Waals surface area contributed by atoms with Crippen LogP contribution in [0.1, 0.15) is 18.4 Å².